The van der Waals surface area contributed by atoms with Gasteiger partial charge in [-0.3, -0.25) is 0 Å². The van der Waals surface area contributed by atoms with Gasteiger partial charge < -0.3 is 0 Å². The van der Waals surface area contributed by atoms with Crippen LogP contribution in [0.3, 0.4) is 0 Å². The fraction of sp³-hybridized carbons (Fsp3) is 0.222. The van der Waals surface area contributed by atoms with Crippen molar-refractivity contribution in [3.8, 4) is 6.07 Å². The van der Waals surface area contributed by atoms with Crippen LogP contribution in [0.5, 0.6) is 0 Å². The number of benzene rings is 1. The zero-order chi connectivity index (χ0) is 9.14. The Morgan fingerprint density at radius 3 is 2.67 bits per heavy atom. The van der Waals surface area contributed by atoms with Gasteiger partial charge in [-0.15, -0.1) is 0 Å². The van der Waals surface area contributed by atoms with Crippen LogP contribution >= 0.6 is 11.6 Å². The highest BCUT2D eigenvalue weighted by Gasteiger charge is 2.06. The Labute approximate surface area is 75.4 Å². The highest BCUT2D eigenvalue weighted by molar-refractivity contribution is 6.31. The van der Waals surface area contributed by atoms with Crippen molar-refractivity contribution in [3.63, 3.8) is 0 Å². The minimum Gasteiger partial charge on any atom is -0.207 e. The smallest absolute Gasteiger partial charge is 0.129 e. The molecule has 0 N–H and O–H groups in total. The Morgan fingerprint density at radius 1 is 1.58 bits per heavy atom. The molecule has 0 unspecified atom stereocenters. The van der Waals surface area contributed by atoms with E-state index in [4.69, 9.17) is 16.9 Å². The molecule has 0 bridgehead atoms. The highest BCUT2D eigenvalue weighted by Crippen LogP contribution is 2.21. The van der Waals surface area contributed by atoms with Gasteiger partial charge in [0, 0.05) is 10.6 Å². The van der Waals surface area contributed by atoms with Gasteiger partial charge in [-0.1, -0.05) is 18.5 Å². The molecule has 0 atom stereocenters. The minimum atomic E-state index is -0.401. The van der Waals surface area contributed by atoms with Crippen LogP contribution in [-0.4, -0.2) is 0 Å². The molecular formula is C9H7ClFN. The first-order chi connectivity index (χ1) is 5.69. The molecule has 0 amide bonds. The molecular weight excluding hydrogens is 177 g/mol. The third-order valence-electron chi connectivity index (χ3n) is 1.62. The maximum atomic E-state index is 13.1. The van der Waals surface area contributed by atoms with Gasteiger partial charge >= 0.3 is 0 Å². The molecule has 3 heteroatoms. The van der Waals surface area contributed by atoms with E-state index in [-0.39, 0.29) is 5.56 Å². The van der Waals surface area contributed by atoms with Crippen LogP contribution in [0.2, 0.25) is 5.02 Å². The summed E-state index contributed by atoms with van der Waals surface area (Å²) < 4.78 is 13.1. The van der Waals surface area contributed by atoms with Gasteiger partial charge in [0.1, 0.15) is 5.82 Å². The van der Waals surface area contributed by atoms with Crippen molar-refractivity contribution < 1.29 is 4.39 Å². The van der Waals surface area contributed by atoms with E-state index in [0.29, 0.717) is 17.0 Å². The first kappa shape index (κ1) is 9.02. The van der Waals surface area contributed by atoms with Gasteiger partial charge in [0.15, 0.2) is 0 Å². The predicted molar refractivity (Wildman–Crippen MR) is 45.5 cm³/mol. The van der Waals surface area contributed by atoms with Crippen molar-refractivity contribution in [1.29, 1.82) is 5.26 Å². The van der Waals surface area contributed by atoms with Crippen LogP contribution in [0.25, 0.3) is 0 Å². The molecule has 0 aliphatic rings. The quantitative estimate of drug-likeness (QED) is 0.657. The molecule has 1 nitrogen and oxygen atoms in total. The maximum Gasteiger partial charge on any atom is 0.129 e. The van der Waals surface area contributed by atoms with Gasteiger partial charge in [0.2, 0.25) is 0 Å². The van der Waals surface area contributed by atoms with E-state index in [1.807, 2.05) is 13.0 Å². The molecule has 0 heterocycles. The zero-order valence-electron chi connectivity index (χ0n) is 6.56. The number of hydrogen-bond donors (Lipinski definition) is 0. The van der Waals surface area contributed by atoms with Crippen molar-refractivity contribution in [1.82, 2.24) is 0 Å². The molecule has 0 aliphatic heterocycles. The van der Waals surface area contributed by atoms with Gasteiger partial charge in [-0.2, -0.15) is 5.26 Å². The van der Waals surface area contributed by atoms with Crippen LogP contribution < -0.4 is 0 Å². The third-order valence-corrected chi connectivity index (χ3v) is 1.96. The van der Waals surface area contributed by atoms with E-state index < -0.39 is 5.82 Å². The van der Waals surface area contributed by atoms with Crippen LogP contribution in [-0.2, 0) is 6.42 Å². The second kappa shape index (κ2) is 3.55. The lowest BCUT2D eigenvalue weighted by Gasteiger charge is -2.02. The Morgan fingerprint density at radius 2 is 2.25 bits per heavy atom. The lowest BCUT2D eigenvalue weighted by molar-refractivity contribution is 0.612. The Hall–Kier alpha value is -1.07. The monoisotopic (exact) mass is 183 g/mol. The van der Waals surface area contributed by atoms with E-state index in [0.717, 1.165) is 0 Å². The number of nitriles is 1. The van der Waals surface area contributed by atoms with E-state index in [2.05, 4.69) is 0 Å². The fourth-order valence-corrected chi connectivity index (χ4v) is 1.35. The summed E-state index contributed by atoms with van der Waals surface area (Å²) in [6, 6.07) is 4.51. The lowest BCUT2D eigenvalue weighted by atomic mass is 10.1. The topological polar surface area (TPSA) is 23.8 Å². The minimum absolute atomic E-state index is 0.259. The molecule has 0 aliphatic carbocycles. The Kier molecular flexibility index (Phi) is 2.67. The highest BCUT2D eigenvalue weighted by atomic mass is 35.5. The molecule has 12 heavy (non-hydrogen) atoms. The van der Waals surface area contributed by atoms with Gasteiger partial charge in [-0.25, -0.2) is 4.39 Å². The fourth-order valence-electron chi connectivity index (χ4n) is 1.01. The van der Waals surface area contributed by atoms with Gasteiger partial charge in [-0.05, 0) is 18.6 Å². The Bertz CT molecular complexity index is 318. The van der Waals surface area contributed by atoms with Crippen LogP contribution in [0, 0.1) is 17.1 Å². The third kappa shape index (κ3) is 1.57. The molecule has 0 saturated carbocycles. The summed E-state index contributed by atoms with van der Waals surface area (Å²) in [6.45, 7) is 1.82. The molecule has 0 radical (unpaired) electrons. The first-order valence-electron chi connectivity index (χ1n) is 3.57. The largest absolute Gasteiger partial charge is 0.207 e. The first-order valence-corrected chi connectivity index (χ1v) is 3.94. The molecule has 1 rings (SSSR count). The molecule has 0 saturated heterocycles. The van der Waals surface area contributed by atoms with Gasteiger partial charge in [0.05, 0.1) is 11.6 Å². The standard InChI is InChI=1S/C9H7ClFN/c1-2-7-8(10)3-6(5-12)4-9(7)11/h3-4H,2H2,1H3. The van der Waals surface area contributed by atoms with E-state index in [1.54, 1.807) is 0 Å². The molecule has 1 aromatic rings. The summed E-state index contributed by atoms with van der Waals surface area (Å²) in [4.78, 5) is 0. The molecule has 0 fully saturated rings. The SMILES string of the molecule is CCc1c(F)cc(C#N)cc1Cl. The van der Waals surface area contributed by atoms with Crippen molar-refractivity contribution in [2.45, 2.75) is 13.3 Å². The summed E-state index contributed by atoms with van der Waals surface area (Å²) in [6.07, 6.45) is 0.538. The summed E-state index contributed by atoms with van der Waals surface area (Å²) in [5.41, 5.74) is 0.727. The van der Waals surface area contributed by atoms with Crippen LogP contribution in [0.4, 0.5) is 4.39 Å². The molecule has 1 aromatic carbocycles. The zero-order valence-corrected chi connectivity index (χ0v) is 7.32. The van der Waals surface area contributed by atoms with Crippen molar-refractivity contribution in [3.05, 3.63) is 34.1 Å². The summed E-state index contributed by atoms with van der Waals surface area (Å²) in [5, 5.41) is 8.80. The lowest BCUT2D eigenvalue weighted by Crippen LogP contribution is -1.90. The number of hydrogen-bond acceptors (Lipinski definition) is 1. The second-order valence-corrected chi connectivity index (χ2v) is 2.79. The van der Waals surface area contributed by atoms with Crippen molar-refractivity contribution in [2.24, 2.45) is 0 Å². The molecule has 0 spiro atoms. The summed E-state index contributed by atoms with van der Waals surface area (Å²) >= 11 is 5.72. The van der Waals surface area contributed by atoms with Crippen molar-refractivity contribution in [2.75, 3.05) is 0 Å². The van der Waals surface area contributed by atoms with Crippen molar-refractivity contribution >= 4 is 11.6 Å². The Balaban J connectivity index is 3.30. The van der Waals surface area contributed by atoms with E-state index in [1.165, 1.54) is 12.1 Å². The predicted octanol–water partition coefficient (Wildman–Crippen LogP) is 2.91. The number of rotatable bonds is 1. The summed E-state index contributed by atoms with van der Waals surface area (Å²) in [7, 11) is 0. The maximum absolute atomic E-state index is 13.1. The van der Waals surface area contributed by atoms with Gasteiger partial charge in [0.25, 0.3) is 0 Å². The molecule has 0 aromatic heterocycles. The van der Waals surface area contributed by atoms with Crippen LogP contribution in [0.1, 0.15) is 18.1 Å². The summed E-state index contributed by atoms with van der Waals surface area (Å²) in [5.74, 6) is -0.401. The molecule has 62 valence electrons. The van der Waals surface area contributed by atoms with Crippen LogP contribution in [0.15, 0.2) is 12.1 Å². The van der Waals surface area contributed by atoms with E-state index >= 15 is 0 Å². The number of halogens is 2. The normalized spacial score (nSPS) is 9.50. The average molecular weight is 184 g/mol. The average Bonchev–Trinajstić information content (AvgIpc) is 2.03. The number of nitrogens with zero attached hydrogens (tertiary/aromatic N) is 1. The van der Waals surface area contributed by atoms with E-state index in [9.17, 15) is 4.39 Å². The second-order valence-electron chi connectivity index (χ2n) is 2.38.